The Kier molecular flexibility index (Phi) is 6.02. The van der Waals surface area contributed by atoms with E-state index >= 15 is 0 Å². The molecule has 0 radical (unpaired) electrons. The highest BCUT2D eigenvalue weighted by Gasteiger charge is 2.26. The molecule has 0 aliphatic carbocycles. The zero-order valence-corrected chi connectivity index (χ0v) is 18.3. The van der Waals surface area contributed by atoms with Gasteiger partial charge in [0.2, 0.25) is 0 Å². The summed E-state index contributed by atoms with van der Waals surface area (Å²) in [5.74, 6) is -0.203. The lowest BCUT2D eigenvalue weighted by Gasteiger charge is -2.32. The maximum absolute atomic E-state index is 12.8. The van der Waals surface area contributed by atoms with Crippen LogP contribution in [0.5, 0.6) is 0 Å². The molecule has 1 fully saturated rings. The van der Waals surface area contributed by atoms with Gasteiger partial charge in [-0.25, -0.2) is 0 Å². The van der Waals surface area contributed by atoms with E-state index in [1.54, 1.807) is 12.1 Å². The van der Waals surface area contributed by atoms with Crippen LogP contribution in [0.2, 0.25) is 15.1 Å². The third kappa shape index (κ3) is 4.24. The molecule has 2 aromatic carbocycles. The van der Waals surface area contributed by atoms with Crippen molar-refractivity contribution in [3.8, 4) is 0 Å². The first kappa shape index (κ1) is 20.5. The van der Waals surface area contributed by atoms with Gasteiger partial charge in [-0.3, -0.25) is 9.59 Å². The topological polar surface area (TPSA) is 49.4 Å². The summed E-state index contributed by atoms with van der Waals surface area (Å²) in [6.45, 7) is 1.19. The van der Waals surface area contributed by atoms with Crippen molar-refractivity contribution in [2.24, 2.45) is 0 Å². The fourth-order valence-electron chi connectivity index (χ4n) is 3.50. The monoisotopic (exact) mass is 466 g/mol. The molecule has 4 nitrogen and oxygen atoms in total. The predicted molar refractivity (Wildman–Crippen MR) is 120 cm³/mol. The lowest BCUT2D eigenvalue weighted by Crippen LogP contribution is -2.46. The number of nitrogens with zero attached hydrogens (tertiary/aromatic N) is 1. The van der Waals surface area contributed by atoms with E-state index in [9.17, 15) is 9.59 Å². The van der Waals surface area contributed by atoms with Gasteiger partial charge in [0.15, 0.2) is 0 Å². The highest BCUT2D eigenvalue weighted by Crippen LogP contribution is 2.41. The van der Waals surface area contributed by atoms with Gasteiger partial charge in [-0.05, 0) is 37.1 Å². The van der Waals surface area contributed by atoms with E-state index in [0.29, 0.717) is 56.8 Å². The molecule has 4 rings (SSSR count). The Morgan fingerprint density at radius 3 is 2.41 bits per heavy atom. The van der Waals surface area contributed by atoms with Crippen LogP contribution in [-0.2, 0) is 0 Å². The number of amides is 2. The number of hydrogen-bond donors (Lipinski definition) is 1. The van der Waals surface area contributed by atoms with Crippen molar-refractivity contribution in [1.82, 2.24) is 10.2 Å². The van der Waals surface area contributed by atoms with E-state index in [2.05, 4.69) is 5.32 Å². The van der Waals surface area contributed by atoms with Crippen LogP contribution < -0.4 is 5.32 Å². The minimum absolute atomic E-state index is 0.0114. The van der Waals surface area contributed by atoms with E-state index < -0.39 is 0 Å². The summed E-state index contributed by atoms with van der Waals surface area (Å²) in [6.07, 6.45) is 1.39. The number of benzene rings is 2. The molecule has 0 saturated carbocycles. The lowest BCUT2D eigenvalue weighted by atomic mass is 10.0. The lowest BCUT2D eigenvalue weighted by molar-refractivity contribution is 0.0698. The van der Waals surface area contributed by atoms with E-state index in [1.807, 2.05) is 35.2 Å². The Labute approximate surface area is 187 Å². The highest BCUT2D eigenvalue weighted by atomic mass is 35.5. The van der Waals surface area contributed by atoms with Crippen LogP contribution in [0.3, 0.4) is 0 Å². The quantitative estimate of drug-likeness (QED) is 0.521. The van der Waals surface area contributed by atoms with E-state index in [0.717, 1.165) is 4.70 Å². The van der Waals surface area contributed by atoms with Gasteiger partial charge in [-0.15, -0.1) is 11.3 Å². The standard InChI is InChI=1S/C21H17Cl3N2O2S/c22-13-10-15(23)17-16(11-13)29-19(18(17)24)20(27)25-14-6-8-26(9-7-14)21(28)12-4-2-1-3-5-12/h1-5,10-11,14H,6-9H2,(H,25,27). The van der Waals surface area contributed by atoms with Crippen LogP contribution in [0.15, 0.2) is 42.5 Å². The molecule has 1 aliphatic heterocycles. The first-order valence-electron chi connectivity index (χ1n) is 9.16. The summed E-state index contributed by atoms with van der Waals surface area (Å²) in [7, 11) is 0. The van der Waals surface area contributed by atoms with E-state index in [-0.39, 0.29) is 17.9 Å². The van der Waals surface area contributed by atoms with Crippen LogP contribution in [0.4, 0.5) is 0 Å². The summed E-state index contributed by atoms with van der Waals surface area (Å²) in [5, 5.41) is 4.97. The average molecular weight is 468 g/mol. The molecule has 1 saturated heterocycles. The minimum Gasteiger partial charge on any atom is -0.348 e. The van der Waals surface area contributed by atoms with Crippen LogP contribution in [-0.4, -0.2) is 35.8 Å². The van der Waals surface area contributed by atoms with Gasteiger partial charge in [-0.1, -0.05) is 53.0 Å². The molecule has 0 atom stereocenters. The predicted octanol–water partition coefficient (Wildman–Crippen LogP) is 5.90. The summed E-state index contributed by atoms with van der Waals surface area (Å²) in [4.78, 5) is 27.6. The SMILES string of the molecule is O=C(NC1CCN(C(=O)c2ccccc2)CC1)c1sc2cc(Cl)cc(Cl)c2c1Cl. The number of carbonyl (C=O) groups excluding carboxylic acids is 2. The van der Waals surface area contributed by atoms with Crippen molar-refractivity contribution in [2.75, 3.05) is 13.1 Å². The molecule has 8 heteroatoms. The molecule has 150 valence electrons. The number of hydrogen-bond acceptors (Lipinski definition) is 3. The van der Waals surface area contributed by atoms with Crippen LogP contribution in [0.1, 0.15) is 32.9 Å². The molecule has 2 amide bonds. The van der Waals surface area contributed by atoms with Crippen molar-refractivity contribution < 1.29 is 9.59 Å². The largest absolute Gasteiger partial charge is 0.348 e. The Morgan fingerprint density at radius 1 is 1.03 bits per heavy atom. The van der Waals surface area contributed by atoms with Gasteiger partial charge in [0.1, 0.15) is 4.88 Å². The summed E-state index contributed by atoms with van der Waals surface area (Å²) >= 11 is 20.0. The summed E-state index contributed by atoms with van der Waals surface area (Å²) in [6, 6.07) is 12.6. The number of halogens is 3. The van der Waals surface area contributed by atoms with Gasteiger partial charge in [0.25, 0.3) is 11.8 Å². The number of rotatable bonds is 3. The average Bonchev–Trinajstić information content (AvgIpc) is 3.05. The zero-order valence-electron chi connectivity index (χ0n) is 15.3. The molecular formula is C21H17Cl3N2O2S. The van der Waals surface area contributed by atoms with Crippen molar-refractivity contribution >= 4 is 68.0 Å². The van der Waals surface area contributed by atoms with Crippen molar-refractivity contribution in [3.63, 3.8) is 0 Å². The first-order chi connectivity index (χ1) is 13.9. The molecule has 3 aromatic rings. The van der Waals surface area contributed by atoms with Gasteiger partial charge < -0.3 is 10.2 Å². The molecule has 2 heterocycles. The van der Waals surface area contributed by atoms with Crippen molar-refractivity contribution in [3.05, 3.63) is 68.0 Å². The Morgan fingerprint density at radius 2 is 1.72 bits per heavy atom. The summed E-state index contributed by atoms with van der Waals surface area (Å²) < 4.78 is 0.779. The fourth-order valence-corrected chi connectivity index (χ4v) is 5.78. The molecular weight excluding hydrogens is 451 g/mol. The Bertz CT molecular complexity index is 1080. The molecule has 29 heavy (non-hydrogen) atoms. The smallest absolute Gasteiger partial charge is 0.263 e. The number of fused-ring (bicyclic) bond motifs is 1. The number of piperidine rings is 1. The fraction of sp³-hybridized carbons (Fsp3) is 0.238. The molecule has 0 bridgehead atoms. The Balaban J connectivity index is 1.42. The second-order valence-corrected chi connectivity index (χ2v) is 9.19. The second-order valence-electron chi connectivity index (χ2n) is 6.91. The van der Waals surface area contributed by atoms with Crippen LogP contribution in [0.25, 0.3) is 10.1 Å². The first-order valence-corrected chi connectivity index (χ1v) is 11.1. The molecule has 1 aliphatic rings. The zero-order chi connectivity index (χ0) is 20.5. The van der Waals surface area contributed by atoms with Gasteiger partial charge in [-0.2, -0.15) is 0 Å². The molecule has 1 N–H and O–H groups in total. The van der Waals surface area contributed by atoms with Crippen LogP contribution >= 0.6 is 46.1 Å². The Hall–Kier alpha value is -1.79. The molecule has 1 aromatic heterocycles. The highest BCUT2D eigenvalue weighted by molar-refractivity contribution is 7.21. The maximum Gasteiger partial charge on any atom is 0.263 e. The van der Waals surface area contributed by atoms with Gasteiger partial charge in [0.05, 0.1) is 10.0 Å². The third-order valence-corrected chi connectivity index (χ3v) is 7.14. The minimum atomic E-state index is -0.226. The van der Waals surface area contributed by atoms with Crippen LogP contribution in [0, 0.1) is 0 Å². The van der Waals surface area contributed by atoms with Crippen molar-refractivity contribution in [1.29, 1.82) is 0 Å². The maximum atomic E-state index is 12.8. The third-order valence-electron chi connectivity index (χ3n) is 4.99. The summed E-state index contributed by atoms with van der Waals surface area (Å²) in [5.41, 5.74) is 0.683. The van der Waals surface area contributed by atoms with E-state index in [1.165, 1.54) is 11.3 Å². The van der Waals surface area contributed by atoms with Gasteiger partial charge >= 0.3 is 0 Å². The molecule has 0 unspecified atom stereocenters. The number of likely N-dealkylation sites (tertiary alicyclic amines) is 1. The second kappa shape index (κ2) is 8.52. The number of thiophene rings is 1. The van der Waals surface area contributed by atoms with Gasteiger partial charge in [0, 0.05) is 39.8 Å². The van der Waals surface area contributed by atoms with Crippen molar-refractivity contribution in [2.45, 2.75) is 18.9 Å². The van der Waals surface area contributed by atoms with E-state index in [4.69, 9.17) is 34.8 Å². The molecule has 0 spiro atoms. The number of nitrogens with one attached hydrogen (secondary N) is 1. The number of carbonyl (C=O) groups is 2. The normalized spacial score (nSPS) is 14.9.